The molecule has 98 valence electrons. The lowest BCUT2D eigenvalue weighted by Gasteiger charge is -2.18. The van der Waals surface area contributed by atoms with Gasteiger partial charge in [-0.2, -0.15) is 0 Å². The maximum Gasteiger partial charge on any atom is 0.126 e. The number of benzene rings is 1. The second kappa shape index (κ2) is 4.59. The Kier molecular flexibility index (Phi) is 3.08. The molecule has 3 unspecified atom stereocenters. The maximum absolute atomic E-state index is 13.1. The average Bonchev–Trinajstić information content (AvgIpc) is 2.79. The number of fused-ring (bicyclic) bond motifs is 1. The van der Waals surface area contributed by atoms with Gasteiger partial charge >= 0.3 is 0 Å². The largest absolute Gasteiger partial charge is 0.271 e. The SMILES string of the molecule is NNC(Cc1cc(F)cc(F)c1)C1C2CCCC21. The molecular weight excluding hydrogens is 234 g/mol. The van der Waals surface area contributed by atoms with Crippen molar-refractivity contribution in [2.75, 3.05) is 0 Å². The van der Waals surface area contributed by atoms with Crippen LogP contribution >= 0.6 is 0 Å². The maximum atomic E-state index is 13.1. The zero-order valence-electron chi connectivity index (χ0n) is 10.2. The summed E-state index contributed by atoms with van der Waals surface area (Å²) < 4.78 is 26.3. The van der Waals surface area contributed by atoms with Crippen molar-refractivity contribution in [1.29, 1.82) is 0 Å². The van der Waals surface area contributed by atoms with E-state index in [1.165, 1.54) is 31.4 Å². The van der Waals surface area contributed by atoms with Crippen molar-refractivity contribution in [2.24, 2.45) is 23.6 Å². The van der Waals surface area contributed by atoms with Crippen LogP contribution in [0.5, 0.6) is 0 Å². The molecule has 0 radical (unpaired) electrons. The summed E-state index contributed by atoms with van der Waals surface area (Å²) in [5.74, 6) is 6.73. The highest BCUT2D eigenvalue weighted by molar-refractivity contribution is 5.20. The number of hydrazine groups is 1. The van der Waals surface area contributed by atoms with E-state index in [0.29, 0.717) is 17.9 Å². The fourth-order valence-electron chi connectivity index (χ4n) is 3.76. The summed E-state index contributed by atoms with van der Waals surface area (Å²) in [6.45, 7) is 0. The van der Waals surface area contributed by atoms with Crippen LogP contribution < -0.4 is 11.3 Å². The highest BCUT2D eigenvalue weighted by Gasteiger charge is 2.55. The van der Waals surface area contributed by atoms with Gasteiger partial charge in [-0.3, -0.25) is 11.3 Å². The molecule has 0 heterocycles. The molecule has 1 aromatic rings. The van der Waals surface area contributed by atoms with E-state index in [1.807, 2.05) is 0 Å². The Balaban J connectivity index is 1.70. The Hall–Kier alpha value is -1.00. The summed E-state index contributed by atoms with van der Waals surface area (Å²) in [4.78, 5) is 0. The summed E-state index contributed by atoms with van der Waals surface area (Å²) in [5.41, 5.74) is 3.52. The first kappa shape index (κ1) is 12.1. The van der Waals surface area contributed by atoms with E-state index in [-0.39, 0.29) is 6.04 Å². The fraction of sp³-hybridized carbons (Fsp3) is 0.571. The molecule has 0 spiro atoms. The molecule has 0 saturated heterocycles. The molecule has 3 N–H and O–H groups in total. The monoisotopic (exact) mass is 252 g/mol. The zero-order chi connectivity index (χ0) is 12.7. The van der Waals surface area contributed by atoms with Crippen molar-refractivity contribution in [1.82, 2.24) is 5.43 Å². The highest BCUT2D eigenvalue weighted by Crippen LogP contribution is 2.59. The van der Waals surface area contributed by atoms with E-state index in [1.54, 1.807) is 0 Å². The van der Waals surface area contributed by atoms with Gasteiger partial charge in [0.05, 0.1) is 0 Å². The number of hydrogen-bond donors (Lipinski definition) is 2. The van der Waals surface area contributed by atoms with Crippen LogP contribution in [-0.2, 0) is 6.42 Å². The summed E-state index contributed by atoms with van der Waals surface area (Å²) in [7, 11) is 0. The van der Waals surface area contributed by atoms with Crippen molar-refractivity contribution in [3.05, 3.63) is 35.4 Å². The Morgan fingerprint density at radius 3 is 2.33 bits per heavy atom. The molecule has 3 rings (SSSR count). The van der Waals surface area contributed by atoms with Gasteiger partial charge in [0.25, 0.3) is 0 Å². The van der Waals surface area contributed by atoms with Crippen LogP contribution in [0.1, 0.15) is 24.8 Å². The minimum absolute atomic E-state index is 0.140. The van der Waals surface area contributed by atoms with Gasteiger partial charge in [0.2, 0.25) is 0 Å². The summed E-state index contributed by atoms with van der Waals surface area (Å²) >= 11 is 0. The first-order valence-corrected chi connectivity index (χ1v) is 6.60. The third-order valence-corrected chi connectivity index (χ3v) is 4.53. The van der Waals surface area contributed by atoms with Gasteiger partial charge in [-0.05, 0) is 54.7 Å². The molecule has 2 aliphatic rings. The standard InChI is InChI=1S/C14H18F2N2/c15-9-4-8(5-10(16)7-9)6-13(18-17)14-11-2-1-3-12(11)14/h4-5,7,11-14,18H,1-3,6,17H2. The first-order valence-electron chi connectivity index (χ1n) is 6.60. The van der Waals surface area contributed by atoms with Crippen molar-refractivity contribution in [3.63, 3.8) is 0 Å². The van der Waals surface area contributed by atoms with E-state index in [0.717, 1.165) is 17.9 Å². The zero-order valence-corrected chi connectivity index (χ0v) is 10.2. The van der Waals surface area contributed by atoms with Gasteiger partial charge in [0.15, 0.2) is 0 Å². The van der Waals surface area contributed by atoms with Gasteiger partial charge in [-0.25, -0.2) is 8.78 Å². The lowest BCUT2D eigenvalue weighted by molar-refractivity contribution is 0.409. The number of rotatable bonds is 4. The average molecular weight is 252 g/mol. The molecule has 0 bridgehead atoms. The molecular formula is C14H18F2N2. The third-order valence-electron chi connectivity index (χ3n) is 4.53. The molecule has 4 heteroatoms. The Labute approximate surface area is 106 Å². The molecule has 0 aromatic heterocycles. The molecule has 1 aromatic carbocycles. The summed E-state index contributed by atoms with van der Waals surface area (Å²) in [6.07, 6.45) is 4.48. The predicted octanol–water partition coefficient (Wildman–Crippen LogP) is 2.39. The quantitative estimate of drug-likeness (QED) is 0.638. The molecule has 2 saturated carbocycles. The van der Waals surface area contributed by atoms with E-state index in [9.17, 15) is 8.78 Å². The van der Waals surface area contributed by atoms with Crippen molar-refractivity contribution < 1.29 is 8.78 Å². The summed E-state index contributed by atoms with van der Waals surface area (Å²) in [6, 6.07) is 3.83. The molecule has 0 amide bonds. The van der Waals surface area contributed by atoms with Crippen LogP contribution in [0.3, 0.4) is 0 Å². The first-order chi connectivity index (χ1) is 8.69. The normalized spacial score (nSPS) is 31.2. The number of halogens is 2. The number of hydrogen-bond acceptors (Lipinski definition) is 2. The van der Waals surface area contributed by atoms with Gasteiger partial charge in [0.1, 0.15) is 11.6 Å². The van der Waals surface area contributed by atoms with E-state index < -0.39 is 11.6 Å². The lowest BCUT2D eigenvalue weighted by Crippen LogP contribution is -2.39. The second-order valence-electron chi connectivity index (χ2n) is 5.59. The minimum atomic E-state index is -0.517. The van der Waals surface area contributed by atoms with Crippen LogP contribution in [0.15, 0.2) is 18.2 Å². The Morgan fingerprint density at radius 1 is 1.17 bits per heavy atom. The van der Waals surface area contributed by atoms with Gasteiger partial charge in [-0.15, -0.1) is 0 Å². The van der Waals surface area contributed by atoms with Crippen LogP contribution in [0.2, 0.25) is 0 Å². The molecule has 2 aliphatic carbocycles. The van der Waals surface area contributed by atoms with Crippen LogP contribution in [0.25, 0.3) is 0 Å². The summed E-state index contributed by atoms with van der Waals surface area (Å²) in [5, 5.41) is 0. The van der Waals surface area contributed by atoms with E-state index in [2.05, 4.69) is 5.43 Å². The molecule has 0 aliphatic heterocycles. The highest BCUT2D eigenvalue weighted by atomic mass is 19.1. The predicted molar refractivity (Wildman–Crippen MR) is 65.5 cm³/mol. The van der Waals surface area contributed by atoms with Gasteiger partial charge < -0.3 is 0 Å². The molecule has 18 heavy (non-hydrogen) atoms. The van der Waals surface area contributed by atoms with Crippen LogP contribution in [0, 0.1) is 29.4 Å². The number of nitrogens with two attached hydrogens (primary N) is 1. The number of nitrogens with one attached hydrogen (secondary N) is 1. The van der Waals surface area contributed by atoms with Crippen LogP contribution in [-0.4, -0.2) is 6.04 Å². The molecule has 3 atom stereocenters. The van der Waals surface area contributed by atoms with E-state index in [4.69, 9.17) is 5.84 Å². The molecule has 2 fully saturated rings. The third kappa shape index (κ3) is 2.15. The van der Waals surface area contributed by atoms with Gasteiger partial charge in [-0.1, -0.05) is 6.42 Å². The van der Waals surface area contributed by atoms with E-state index >= 15 is 0 Å². The molecule has 2 nitrogen and oxygen atoms in total. The minimum Gasteiger partial charge on any atom is -0.271 e. The lowest BCUT2D eigenvalue weighted by atomic mass is 9.97. The second-order valence-corrected chi connectivity index (χ2v) is 5.59. The fourth-order valence-corrected chi connectivity index (χ4v) is 3.76. The van der Waals surface area contributed by atoms with Crippen molar-refractivity contribution in [3.8, 4) is 0 Å². The van der Waals surface area contributed by atoms with Crippen LogP contribution in [0.4, 0.5) is 8.78 Å². The topological polar surface area (TPSA) is 38.0 Å². The van der Waals surface area contributed by atoms with Crippen molar-refractivity contribution >= 4 is 0 Å². The Bertz CT molecular complexity index is 419. The van der Waals surface area contributed by atoms with Crippen molar-refractivity contribution in [2.45, 2.75) is 31.7 Å². The smallest absolute Gasteiger partial charge is 0.126 e. The Morgan fingerprint density at radius 2 is 1.78 bits per heavy atom. The van der Waals surface area contributed by atoms with Gasteiger partial charge in [0, 0.05) is 12.1 Å².